The molecule has 1 saturated heterocycles. The summed E-state index contributed by atoms with van der Waals surface area (Å²) in [4.78, 5) is 30.5. The number of hydrogen-bond donors (Lipinski definition) is 1. The molecule has 0 unspecified atom stereocenters. The largest absolute Gasteiger partial charge is 0.464 e. The Hall–Kier alpha value is -1.66. The molecule has 104 valence electrons. The number of carbonyl (C=O) groups excluding carboxylic acids is 2. The van der Waals surface area contributed by atoms with Gasteiger partial charge >= 0.3 is 5.97 Å². The Morgan fingerprint density at radius 2 is 2.00 bits per heavy atom. The average molecular weight is 265 g/mol. The zero-order chi connectivity index (χ0) is 13.8. The third kappa shape index (κ3) is 3.42. The zero-order valence-corrected chi connectivity index (χ0v) is 11.3. The van der Waals surface area contributed by atoms with Gasteiger partial charge in [0.05, 0.1) is 13.7 Å². The van der Waals surface area contributed by atoms with Crippen molar-refractivity contribution in [3.8, 4) is 0 Å². The van der Waals surface area contributed by atoms with Gasteiger partial charge in [0, 0.05) is 37.9 Å². The highest BCUT2D eigenvalue weighted by Gasteiger charge is 2.19. The minimum atomic E-state index is -0.460. The van der Waals surface area contributed by atoms with Crippen LogP contribution in [0.1, 0.15) is 20.8 Å². The summed E-state index contributed by atoms with van der Waals surface area (Å²) in [6, 6.07) is 1.55. The van der Waals surface area contributed by atoms with Crippen molar-refractivity contribution >= 4 is 11.8 Å². The number of Topliss-reactive ketones (excluding diaryl/α,β-unsaturated/α-hetero) is 1. The molecule has 6 heteroatoms. The molecular formula is C13H19N3O3. The fourth-order valence-electron chi connectivity index (χ4n) is 2.08. The monoisotopic (exact) mass is 265 g/mol. The number of hydrogen-bond acceptors (Lipinski definition) is 5. The number of nitrogens with zero attached hydrogens (tertiary/aromatic N) is 2. The summed E-state index contributed by atoms with van der Waals surface area (Å²) >= 11 is 0. The zero-order valence-electron chi connectivity index (χ0n) is 11.3. The number of ketones is 1. The van der Waals surface area contributed by atoms with Crippen molar-refractivity contribution in [1.82, 2.24) is 14.8 Å². The van der Waals surface area contributed by atoms with Gasteiger partial charge in [-0.25, -0.2) is 4.79 Å². The van der Waals surface area contributed by atoms with E-state index >= 15 is 0 Å². The van der Waals surface area contributed by atoms with Gasteiger partial charge in [-0.3, -0.25) is 9.69 Å². The van der Waals surface area contributed by atoms with Crippen LogP contribution in [-0.2, 0) is 4.74 Å². The summed E-state index contributed by atoms with van der Waals surface area (Å²) in [5, 5.41) is 0. The third-order valence-electron chi connectivity index (χ3n) is 3.37. The summed E-state index contributed by atoms with van der Waals surface area (Å²) in [6.45, 7) is 4.15. The van der Waals surface area contributed by atoms with Crippen LogP contribution in [0.25, 0.3) is 0 Å². The minimum Gasteiger partial charge on any atom is -0.464 e. The molecule has 0 atom stereocenters. The van der Waals surface area contributed by atoms with Crippen molar-refractivity contribution in [2.75, 3.05) is 46.9 Å². The van der Waals surface area contributed by atoms with Gasteiger partial charge in [0.25, 0.3) is 0 Å². The number of ether oxygens (including phenoxy) is 1. The van der Waals surface area contributed by atoms with Gasteiger partial charge in [-0.15, -0.1) is 0 Å². The smallest absolute Gasteiger partial charge is 0.354 e. The quantitative estimate of drug-likeness (QED) is 0.623. The summed E-state index contributed by atoms with van der Waals surface area (Å²) in [6.07, 6.45) is 1.56. The Morgan fingerprint density at radius 3 is 2.63 bits per heavy atom. The summed E-state index contributed by atoms with van der Waals surface area (Å²) in [5.74, 6) is -0.436. The maximum atomic E-state index is 12.1. The lowest BCUT2D eigenvalue weighted by atomic mass is 10.2. The number of methoxy groups -OCH3 is 1. The van der Waals surface area contributed by atoms with Gasteiger partial charge in [-0.05, 0) is 13.1 Å². The van der Waals surface area contributed by atoms with Crippen molar-refractivity contribution in [3.63, 3.8) is 0 Å². The van der Waals surface area contributed by atoms with E-state index in [1.54, 1.807) is 12.3 Å². The van der Waals surface area contributed by atoms with E-state index in [9.17, 15) is 9.59 Å². The van der Waals surface area contributed by atoms with Crippen LogP contribution >= 0.6 is 0 Å². The van der Waals surface area contributed by atoms with Crippen LogP contribution in [0.2, 0.25) is 0 Å². The third-order valence-corrected chi connectivity index (χ3v) is 3.37. The summed E-state index contributed by atoms with van der Waals surface area (Å²) in [7, 11) is 3.39. The van der Waals surface area contributed by atoms with E-state index in [-0.39, 0.29) is 5.78 Å². The Balaban J connectivity index is 1.93. The first-order valence-corrected chi connectivity index (χ1v) is 6.31. The predicted molar refractivity (Wildman–Crippen MR) is 70.4 cm³/mol. The molecule has 1 aromatic rings. The molecule has 2 rings (SSSR count). The van der Waals surface area contributed by atoms with Crippen LogP contribution in [0.3, 0.4) is 0 Å². The number of likely N-dealkylation sites (N-methyl/N-ethyl adjacent to an activating group) is 1. The lowest BCUT2D eigenvalue weighted by Crippen LogP contribution is -2.46. The van der Waals surface area contributed by atoms with Crippen molar-refractivity contribution < 1.29 is 14.3 Å². The van der Waals surface area contributed by atoms with Crippen LogP contribution in [0.5, 0.6) is 0 Å². The second-order valence-corrected chi connectivity index (χ2v) is 4.80. The van der Waals surface area contributed by atoms with Gasteiger partial charge in [0.15, 0.2) is 5.78 Å². The van der Waals surface area contributed by atoms with Crippen LogP contribution in [0, 0.1) is 0 Å². The van der Waals surface area contributed by atoms with Crippen LogP contribution in [0.4, 0.5) is 0 Å². The first kappa shape index (κ1) is 13.8. The Bertz CT molecular complexity index is 461. The highest BCUT2D eigenvalue weighted by molar-refractivity contribution is 6.00. The van der Waals surface area contributed by atoms with E-state index in [1.807, 2.05) is 0 Å². The number of rotatable bonds is 4. The van der Waals surface area contributed by atoms with Gasteiger partial charge < -0.3 is 14.6 Å². The Labute approximate surface area is 112 Å². The molecule has 0 spiro atoms. The molecule has 0 aliphatic carbocycles. The van der Waals surface area contributed by atoms with E-state index in [0.717, 1.165) is 26.2 Å². The second-order valence-electron chi connectivity index (χ2n) is 4.80. The highest BCUT2D eigenvalue weighted by atomic mass is 16.5. The molecule has 1 fully saturated rings. The number of aromatic nitrogens is 1. The molecule has 1 aromatic heterocycles. The fraction of sp³-hybridized carbons (Fsp3) is 0.538. The van der Waals surface area contributed by atoms with Crippen LogP contribution in [-0.4, -0.2) is 73.4 Å². The predicted octanol–water partition coefficient (Wildman–Crippen LogP) is 0.231. The van der Waals surface area contributed by atoms with Gasteiger partial charge in [0.1, 0.15) is 5.69 Å². The maximum Gasteiger partial charge on any atom is 0.354 e. The summed E-state index contributed by atoms with van der Waals surface area (Å²) < 4.78 is 4.59. The molecular weight excluding hydrogens is 246 g/mol. The first-order chi connectivity index (χ1) is 9.10. The fourth-order valence-corrected chi connectivity index (χ4v) is 2.08. The molecule has 0 saturated carbocycles. The summed E-state index contributed by atoms with van der Waals surface area (Å²) in [5.41, 5.74) is 0.837. The van der Waals surface area contributed by atoms with Crippen LogP contribution in [0.15, 0.2) is 12.3 Å². The first-order valence-electron chi connectivity index (χ1n) is 6.31. The normalized spacial score (nSPS) is 17.4. The average Bonchev–Trinajstić information content (AvgIpc) is 2.90. The van der Waals surface area contributed by atoms with Gasteiger partial charge in [-0.2, -0.15) is 0 Å². The number of H-pyrrole nitrogens is 1. The number of nitrogens with one attached hydrogen (secondary N) is 1. The lowest BCUT2D eigenvalue weighted by molar-refractivity contribution is 0.0595. The highest BCUT2D eigenvalue weighted by Crippen LogP contribution is 2.08. The minimum absolute atomic E-state index is 0.0240. The van der Waals surface area contributed by atoms with Crippen molar-refractivity contribution in [1.29, 1.82) is 0 Å². The van der Waals surface area contributed by atoms with Crippen LogP contribution < -0.4 is 0 Å². The molecule has 0 aromatic carbocycles. The van der Waals surface area contributed by atoms with E-state index in [2.05, 4.69) is 26.6 Å². The molecule has 0 radical (unpaired) electrons. The molecule has 6 nitrogen and oxygen atoms in total. The maximum absolute atomic E-state index is 12.1. The van der Waals surface area contributed by atoms with Crippen molar-refractivity contribution in [3.05, 3.63) is 23.5 Å². The topological polar surface area (TPSA) is 65.6 Å². The van der Waals surface area contributed by atoms with Gasteiger partial charge in [-0.1, -0.05) is 0 Å². The van der Waals surface area contributed by atoms with E-state index < -0.39 is 5.97 Å². The number of carbonyl (C=O) groups is 2. The molecule has 19 heavy (non-hydrogen) atoms. The van der Waals surface area contributed by atoms with E-state index in [4.69, 9.17) is 0 Å². The molecule has 1 aliphatic rings. The van der Waals surface area contributed by atoms with E-state index in [1.165, 1.54) is 7.11 Å². The number of piperazine rings is 1. The number of esters is 1. The molecule has 0 bridgehead atoms. The number of aromatic amines is 1. The molecule has 1 aliphatic heterocycles. The molecule has 2 heterocycles. The standard InChI is InChI=1S/C13H19N3O3/c1-15-3-5-16(6-4-15)9-12(17)10-7-11(14-8-10)13(18)19-2/h7-8,14H,3-6,9H2,1-2H3. The Kier molecular flexibility index (Phi) is 4.34. The lowest BCUT2D eigenvalue weighted by Gasteiger charge is -2.31. The van der Waals surface area contributed by atoms with Crippen molar-refractivity contribution in [2.45, 2.75) is 0 Å². The molecule has 0 amide bonds. The second kappa shape index (κ2) is 5.99. The molecule has 1 N–H and O–H groups in total. The van der Waals surface area contributed by atoms with E-state index in [0.29, 0.717) is 17.8 Å². The SMILES string of the molecule is COC(=O)c1cc(C(=O)CN2CCN(C)CC2)c[nH]1. The van der Waals surface area contributed by atoms with Crippen molar-refractivity contribution in [2.24, 2.45) is 0 Å². The van der Waals surface area contributed by atoms with Gasteiger partial charge in [0.2, 0.25) is 0 Å². The Morgan fingerprint density at radius 1 is 1.32 bits per heavy atom.